The Bertz CT molecular complexity index is 438. The normalized spacial score (nSPS) is 11.8. The first-order chi connectivity index (χ1) is 9.54. The first kappa shape index (κ1) is 16.0. The van der Waals surface area contributed by atoms with Crippen LogP contribution in [0.15, 0.2) is 24.3 Å². The van der Waals surface area contributed by atoms with Gasteiger partial charge in [-0.2, -0.15) is 0 Å². The van der Waals surface area contributed by atoms with Crippen LogP contribution >= 0.6 is 0 Å². The Kier molecular flexibility index (Phi) is 6.56. The van der Waals surface area contributed by atoms with E-state index in [1.54, 1.807) is 24.3 Å². The zero-order chi connectivity index (χ0) is 15.0. The van der Waals surface area contributed by atoms with Crippen molar-refractivity contribution >= 4 is 11.9 Å². The number of aliphatic carboxylic acids is 2. The van der Waals surface area contributed by atoms with Gasteiger partial charge in [0.15, 0.2) is 0 Å². The maximum absolute atomic E-state index is 10.9. The lowest BCUT2D eigenvalue weighted by Gasteiger charge is -2.19. The highest BCUT2D eigenvalue weighted by molar-refractivity contribution is 5.80. The number of rotatable bonds is 9. The van der Waals surface area contributed by atoms with Crippen molar-refractivity contribution in [3.63, 3.8) is 0 Å². The van der Waals surface area contributed by atoms with E-state index in [2.05, 4.69) is 6.92 Å². The second kappa shape index (κ2) is 8.19. The molecule has 0 aromatic heterocycles. The largest absolute Gasteiger partial charge is 0.550 e. The molecule has 0 spiro atoms. The molecular formula is C15H18O5-2. The molecule has 0 bridgehead atoms. The van der Waals surface area contributed by atoms with Crippen LogP contribution in [0.1, 0.15) is 44.1 Å². The molecule has 1 atom stereocenters. The van der Waals surface area contributed by atoms with Crippen molar-refractivity contribution in [2.75, 3.05) is 6.61 Å². The van der Waals surface area contributed by atoms with Gasteiger partial charge in [-0.25, -0.2) is 0 Å². The van der Waals surface area contributed by atoms with E-state index in [1.165, 1.54) is 0 Å². The standard InChI is InChI=1S/C15H20O5/c1-2-3-4-9-20-12-7-5-11(6-8-12)13(15(18)19)10-14(16)17/h5-8,13H,2-4,9-10H2,1H3,(H,16,17)(H,18,19)/p-2/t13-/m0/s1. The van der Waals surface area contributed by atoms with Crippen LogP contribution in [0.3, 0.4) is 0 Å². The van der Waals surface area contributed by atoms with E-state index in [-0.39, 0.29) is 0 Å². The van der Waals surface area contributed by atoms with Crippen molar-refractivity contribution in [3.8, 4) is 5.75 Å². The summed E-state index contributed by atoms with van der Waals surface area (Å²) in [4.78, 5) is 21.5. The smallest absolute Gasteiger partial charge is 0.119 e. The molecule has 1 rings (SSSR count). The zero-order valence-electron chi connectivity index (χ0n) is 11.5. The predicted octanol–water partition coefficient (Wildman–Crippen LogP) is 0.229. The van der Waals surface area contributed by atoms with Crippen molar-refractivity contribution in [1.29, 1.82) is 0 Å². The summed E-state index contributed by atoms with van der Waals surface area (Å²) < 4.78 is 5.49. The zero-order valence-corrected chi connectivity index (χ0v) is 11.5. The maximum Gasteiger partial charge on any atom is 0.119 e. The molecule has 0 amide bonds. The molecule has 0 N–H and O–H groups in total. The minimum Gasteiger partial charge on any atom is -0.550 e. The van der Waals surface area contributed by atoms with E-state index < -0.39 is 24.3 Å². The monoisotopic (exact) mass is 278 g/mol. The van der Waals surface area contributed by atoms with Gasteiger partial charge < -0.3 is 24.5 Å². The van der Waals surface area contributed by atoms with Gasteiger partial charge in [-0.15, -0.1) is 0 Å². The van der Waals surface area contributed by atoms with Gasteiger partial charge in [-0.3, -0.25) is 0 Å². The minimum atomic E-state index is -1.43. The van der Waals surface area contributed by atoms with Crippen LogP contribution in [0.2, 0.25) is 0 Å². The van der Waals surface area contributed by atoms with E-state index in [4.69, 9.17) is 4.74 Å². The molecule has 1 aromatic carbocycles. The van der Waals surface area contributed by atoms with Crippen molar-refractivity contribution in [2.24, 2.45) is 0 Å². The fourth-order valence-electron chi connectivity index (χ4n) is 1.84. The maximum atomic E-state index is 10.9. The lowest BCUT2D eigenvalue weighted by atomic mass is 9.96. The Morgan fingerprint density at radius 1 is 1.15 bits per heavy atom. The predicted molar refractivity (Wildman–Crippen MR) is 68.8 cm³/mol. The number of benzene rings is 1. The molecule has 0 unspecified atom stereocenters. The van der Waals surface area contributed by atoms with Crippen LogP contribution in [0, 0.1) is 0 Å². The Morgan fingerprint density at radius 3 is 2.30 bits per heavy atom. The van der Waals surface area contributed by atoms with E-state index in [0.717, 1.165) is 19.3 Å². The molecule has 0 aliphatic rings. The molecule has 110 valence electrons. The van der Waals surface area contributed by atoms with Crippen LogP contribution in [-0.2, 0) is 9.59 Å². The summed E-state index contributed by atoms with van der Waals surface area (Å²) in [7, 11) is 0. The summed E-state index contributed by atoms with van der Waals surface area (Å²) in [6.07, 6.45) is 2.57. The average Bonchev–Trinajstić information content (AvgIpc) is 2.41. The van der Waals surface area contributed by atoms with E-state index in [1.807, 2.05) is 0 Å². The number of carbonyl (C=O) groups excluding carboxylic acids is 2. The number of hydrogen-bond donors (Lipinski definition) is 0. The highest BCUT2D eigenvalue weighted by Gasteiger charge is 2.13. The van der Waals surface area contributed by atoms with E-state index in [9.17, 15) is 19.8 Å². The van der Waals surface area contributed by atoms with Crippen LogP contribution in [-0.4, -0.2) is 18.5 Å². The van der Waals surface area contributed by atoms with Crippen molar-refractivity contribution in [2.45, 2.75) is 38.5 Å². The molecule has 0 saturated carbocycles. The highest BCUT2D eigenvalue weighted by Crippen LogP contribution is 2.22. The van der Waals surface area contributed by atoms with Crippen LogP contribution in [0.5, 0.6) is 5.75 Å². The molecule has 0 fully saturated rings. The molecule has 0 aliphatic heterocycles. The van der Waals surface area contributed by atoms with Gasteiger partial charge in [0.2, 0.25) is 0 Å². The molecule has 0 radical (unpaired) electrons. The SMILES string of the molecule is CCCCCOc1ccc([C@H](CC(=O)[O-])C(=O)[O-])cc1. The lowest BCUT2D eigenvalue weighted by Crippen LogP contribution is -2.34. The number of carboxylic acid groups (broad SMARTS) is 2. The summed E-state index contributed by atoms with van der Waals surface area (Å²) in [6.45, 7) is 2.71. The third-order valence-corrected chi connectivity index (χ3v) is 2.95. The van der Waals surface area contributed by atoms with E-state index >= 15 is 0 Å². The summed E-state index contributed by atoms with van der Waals surface area (Å²) >= 11 is 0. The molecular weight excluding hydrogens is 260 g/mol. The van der Waals surface area contributed by atoms with Gasteiger partial charge in [-0.1, -0.05) is 31.9 Å². The van der Waals surface area contributed by atoms with Gasteiger partial charge in [0.05, 0.1) is 6.61 Å². The van der Waals surface area contributed by atoms with Gasteiger partial charge in [0, 0.05) is 17.9 Å². The number of carbonyl (C=O) groups is 2. The summed E-state index contributed by atoms with van der Waals surface area (Å²) in [5.74, 6) is -3.41. The lowest BCUT2D eigenvalue weighted by molar-refractivity contribution is -0.317. The molecule has 5 heteroatoms. The van der Waals surface area contributed by atoms with Crippen molar-refractivity contribution in [1.82, 2.24) is 0 Å². The Hall–Kier alpha value is -2.04. The third kappa shape index (κ3) is 5.30. The molecule has 5 nitrogen and oxygen atoms in total. The second-order valence-corrected chi connectivity index (χ2v) is 4.57. The number of hydrogen-bond acceptors (Lipinski definition) is 5. The van der Waals surface area contributed by atoms with Crippen molar-refractivity contribution < 1.29 is 24.5 Å². The van der Waals surface area contributed by atoms with Crippen LogP contribution < -0.4 is 14.9 Å². The quantitative estimate of drug-likeness (QED) is 0.603. The Balaban J connectivity index is 2.63. The molecule has 0 aliphatic carbocycles. The molecule has 20 heavy (non-hydrogen) atoms. The molecule has 1 aromatic rings. The number of ether oxygens (including phenoxy) is 1. The van der Waals surface area contributed by atoms with Crippen LogP contribution in [0.25, 0.3) is 0 Å². The Labute approximate surface area is 118 Å². The highest BCUT2D eigenvalue weighted by atomic mass is 16.5. The molecule has 0 heterocycles. The van der Waals surface area contributed by atoms with E-state index in [0.29, 0.717) is 17.9 Å². The average molecular weight is 278 g/mol. The fourth-order valence-corrected chi connectivity index (χ4v) is 1.84. The Morgan fingerprint density at radius 2 is 1.80 bits per heavy atom. The number of carboxylic acids is 2. The van der Waals surface area contributed by atoms with Crippen LogP contribution in [0.4, 0.5) is 0 Å². The summed E-state index contributed by atoms with van der Waals surface area (Å²) in [5, 5.41) is 21.5. The second-order valence-electron chi connectivity index (χ2n) is 4.57. The van der Waals surface area contributed by atoms with Gasteiger partial charge in [0.25, 0.3) is 0 Å². The first-order valence-electron chi connectivity index (χ1n) is 6.68. The topological polar surface area (TPSA) is 89.5 Å². The first-order valence-corrected chi connectivity index (χ1v) is 6.68. The van der Waals surface area contributed by atoms with Crippen molar-refractivity contribution in [3.05, 3.63) is 29.8 Å². The van der Waals surface area contributed by atoms with Gasteiger partial charge in [-0.05, 0) is 30.5 Å². The summed E-state index contributed by atoms with van der Waals surface area (Å²) in [6, 6.07) is 6.34. The number of unbranched alkanes of at least 4 members (excludes halogenated alkanes) is 2. The van der Waals surface area contributed by atoms with Gasteiger partial charge in [0.1, 0.15) is 5.75 Å². The summed E-state index contributed by atoms with van der Waals surface area (Å²) in [5.41, 5.74) is 0.370. The van der Waals surface area contributed by atoms with Gasteiger partial charge >= 0.3 is 0 Å². The molecule has 0 saturated heterocycles. The fraction of sp³-hybridized carbons (Fsp3) is 0.467. The third-order valence-electron chi connectivity index (χ3n) is 2.95. The minimum absolute atomic E-state index is 0.370.